The molecule has 0 atom stereocenters. The van der Waals surface area contributed by atoms with Crippen LogP contribution in [0.2, 0.25) is 0 Å². The van der Waals surface area contributed by atoms with E-state index < -0.39 is 0 Å². The van der Waals surface area contributed by atoms with E-state index in [2.05, 4.69) is 5.32 Å². The van der Waals surface area contributed by atoms with Crippen LogP contribution in [0.5, 0.6) is 0 Å². The number of halogens is 1. The molecule has 0 bridgehead atoms. The molecule has 0 amide bonds. The zero-order chi connectivity index (χ0) is 10.7. The average molecular weight is 224 g/mol. The predicted octanol–water partition coefficient (Wildman–Crippen LogP) is 2.09. The van der Waals surface area contributed by atoms with Crippen molar-refractivity contribution < 1.29 is 4.39 Å². The Labute approximate surface area is 91.9 Å². The average Bonchev–Trinajstić information content (AvgIpc) is 2.60. The van der Waals surface area contributed by atoms with Crippen LogP contribution < -0.4 is 11.1 Å². The van der Waals surface area contributed by atoms with Gasteiger partial charge in [0.2, 0.25) is 0 Å². The van der Waals surface area contributed by atoms with Gasteiger partial charge in [-0.15, -0.1) is 11.3 Å². The first kappa shape index (κ1) is 10.5. The van der Waals surface area contributed by atoms with Crippen LogP contribution in [-0.4, -0.2) is 13.1 Å². The van der Waals surface area contributed by atoms with E-state index in [-0.39, 0.29) is 5.82 Å². The summed E-state index contributed by atoms with van der Waals surface area (Å²) in [5.74, 6) is -0.179. The maximum Gasteiger partial charge on any atom is 0.123 e. The van der Waals surface area contributed by atoms with Crippen molar-refractivity contribution in [3.8, 4) is 0 Å². The standard InChI is InChI=1S/C11H13FN2S/c12-9-1-2-11-8(5-9)6-10(15-11)7-14-4-3-13/h1-2,5-6,14H,3-4,7,13H2. The lowest BCUT2D eigenvalue weighted by atomic mass is 10.2. The summed E-state index contributed by atoms with van der Waals surface area (Å²) in [7, 11) is 0. The molecule has 0 spiro atoms. The van der Waals surface area contributed by atoms with Crippen LogP contribution >= 0.6 is 11.3 Å². The molecule has 1 aromatic heterocycles. The Hall–Kier alpha value is -0.970. The topological polar surface area (TPSA) is 38.0 Å². The second kappa shape index (κ2) is 4.70. The van der Waals surface area contributed by atoms with Gasteiger partial charge in [-0.25, -0.2) is 4.39 Å². The number of benzene rings is 1. The van der Waals surface area contributed by atoms with Gasteiger partial charge >= 0.3 is 0 Å². The zero-order valence-corrected chi connectivity index (χ0v) is 9.11. The van der Waals surface area contributed by atoms with Crippen molar-refractivity contribution in [1.82, 2.24) is 5.32 Å². The van der Waals surface area contributed by atoms with Gasteiger partial charge < -0.3 is 11.1 Å². The molecule has 15 heavy (non-hydrogen) atoms. The second-order valence-corrected chi connectivity index (χ2v) is 4.53. The summed E-state index contributed by atoms with van der Waals surface area (Å²) >= 11 is 1.69. The van der Waals surface area contributed by atoms with E-state index in [0.29, 0.717) is 6.54 Å². The fourth-order valence-electron chi connectivity index (χ4n) is 1.47. The van der Waals surface area contributed by atoms with Gasteiger partial charge in [-0.3, -0.25) is 0 Å². The number of nitrogens with two attached hydrogens (primary N) is 1. The lowest BCUT2D eigenvalue weighted by molar-refractivity contribution is 0.630. The molecule has 0 saturated heterocycles. The number of thiophene rings is 1. The Morgan fingerprint density at radius 1 is 1.33 bits per heavy atom. The summed E-state index contributed by atoms with van der Waals surface area (Å²) in [6, 6.07) is 6.91. The molecular formula is C11H13FN2S. The molecule has 2 nitrogen and oxygen atoms in total. The van der Waals surface area contributed by atoms with E-state index in [1.165, 1.54) is 10.9 Å². The number of fused-ring (bicyclic) bond motifs is 1. The normalized spacial score (nSPS) is 11.1. The van der Waals surface area contributed by atoms with Gasteiger partial charge in [-0.1, -0.05) is 0 Å². The van der Waals surface area contributed by atoms with E-state index in [4.69, 9.17) is 5.73 Å². The van der Waals surface area contributed by atoms with Crippen LogP contribution in [0, 0.1) is 5.82 Å². The molecule has 0 saturated carbocycles. The first-order valence-electron chi connectivity index (χ1n) is 4.88. The van der Waals surface area contributed by atoms with Gasteiger partial charge in [0.25, 0.3) is 0 Å². The second-order valence-electron chi connectivity index (χ2n) is 3.36. The van der Waals surface area contributed by atoms with Crippen molar-refractivity contribution in [1.29, 1.82) is 0 Å². The highest BCUT2D eigenvalue weighted by atomic mass is 32.1. The third kappa shape index (κ3) is 2.53. The number of hydrogen-bond donors (Lipinski definition) is 2. The third-order valence-corrected chi connectivity index (χ3v) is 3.27. The highest BCUT2D eigenvalue weighted by molar-refractivity contribution is 7.19. The highest BCUT2D eigenvalue weighted by Gasteiger charge is 2.02. The zero-order valence-electron chi connectivity index (χ0n) is 8.29. The van der Waals surface area contributed by atoms with Crippen molar-refractivity contribution in [2.45, 2.75) is 6.54 Å². The van der Waals surface area contributed by atoms with Crippen LogP contribution in [0.25, 0.3) is 10.1 Å². The minimum atomic E-state index is -0.179. The van der Waals surface area contributed by atoms with Crippen molar-refractivity contribution in [3.63, 3.8) is 0 Å². The van der Waals surface area contributed by atoms with Crippen molar-refractivity contribution >= 4 is 21.4 Å². The molecule has 2 rings (SSSR count). The number of rotatable bonds is 4. The summed E-state index contributed by atoms with van der Waals surface area (Å²) < 4.78 is 14.1. The lowest BCUT2D eigenvalue weighted by Crippen LogP contribution is -2.21. The van der Waals surface area contributed by atoms with Gasteiger partial charge in [0.05, 0.1) is 0 Å². The van der Waals surface area contributed by atoms with E-state index in [0.717, 1.165) is 23.2 Å². The molecule has 4 heteroatoms. The first-order valence-corrected chi connectivity index (χ1v) is 5.70. The fourth-order valence-corrected chi connectivity index (χ4v) is 2.48. The van der Waals surface area contributed by atoms with Gasteiger partial charge in [0.1, 0.15) is 5.82 Å². The van der Waals surface area contributed by atoms with E-state index >= 15 is 0 Å². The quantitative estimate of drug-likeness (QED) is 0.780. The van der Waals surface area contributed by atoms with Crippen LogP contribution in [0.1, 0.15) is 4.88 Å². The van der Waals surface area contributed by atoms with Gasteiger partial charge in [0, 0.05) is 29.2 Å². The fraction of sp³-hybridized carbons (Fsp3) is 0.273. The molecule has 2 aromatic rings. The Morgan fingerprint density at radius 3 is 3.00 bits per heavy atom. The highest BCUT2D eigenvalue weighted by Crippen LogP contribution is 2.25. The minimum Gasteiger partial charge on any atom is -0.329 e. The van der Waals surface area contributed by atoms with E-state index in [1.807, 2.05) is 12.1 Å². The van der Waals surface area contributed by atoms with Crippen LogP contribution in [-0.2, 0) is 6.54 Å². The number of hydrogen-bond acceptors (Lipinski definition) is 3. The van der Waals surface area contributed by atoms with Crippen molar-refractivity contribution in [2.75, 3.05) is 13.1 Å². The molecule has 0 radical (unpaired) electrons. The molecule has 0 aliphatic rings. The van der Waals surface area contributed by atoms with Crippen molar-refractivity contribution in [2.24, 2.45) is 5.73 Å². The molecule has 0 aliphatic heterocycles. The summed E-state index contributed by atoms with van der Waals surface area (Å²) in [4.78, 5) is 1.21. The third-order valence-electron chi connectivity index (χ3n) is 2.15. The minimum absolute atomic E-state index is 0.179. The SMILES string of the molecule is NCCNCc1cc2cc(F)ccc2s1. The summed E-state index contributed by atoms with van der Waals surface area (Å²) in [6.07, 6.45) is 0. The van der Waals surface area contributed by atoms with Crippen LogP contribution in [0.4, 0.5) is 4.39 Å². The molecule has 80 valence electrons. The maximum absolute atomic E-state index is 12.9. The van der Waals surface area contributed by atoms with Gasteiger partial charge in [0.15, 0.2) is 0 Å². The monoisotopic (exact) mass is 224 g/mol. The lowest BCUT2D eigenvalue weighted by Gasteiger charge is -1.98. The predicted molar refractivity (Wildman–Crippen MR) is 62.5 cm³/mol. The van der Waals surface area contributed by atoms with Gasteiger partial charge in [-0.05, 0) is 29.7 Å². The Balaban J connectivity index is 2.16. The largest absolute Gasteiger partial charge is 0.329 e. The molecule has 3 N–H and O–H groups in total. The van der Waals surface area contributed by atoms with Gasteiger partial charge in [-0.2, -0.15) is 0 Å². The Kier molecular flexibility index (Phi) is 3.30. The first-order chi connectivity index (χ1) is 7.29. The summed E-state index contributed by atoms with van der Waals surface area (Å²) in [5.41, 5.74) is 5.38. The molecule has 0 unspecified atom stereocenters. The Bertz CT molecular complexity index is 453. The smallest absolute Gasteiger partial charge is 0.123 e. The van der Waals surface area contributed by atoms with Crippen molar-refractivity contribution in [3.05, 3.63) is 35.0 Å². The van der Waals surface area contributed by atoms with Crippen LogP contribution in [0.3, 0.4) is 0 Å². The molecular weight excluding hydrogens is 211 g/mol. The number of nitrogens with one attached hydrogen (secondary N) is 1. The molecule has 0 aliphatic carbocycles. The van der Waals surface area contributed by atoms with E-state index in [9.17, 15) is 4.39 Å². The molecule has 1 aromatic carbocycles. The molecule has 1 heterocycles. The maximum atomic E-state index is 12.9. The van der Waals surface area contributed by atoms with Crippen LogP contribution in [0.15, 0.2) is 24.3 Å². The summed E-state index contributed by atoms with van der Waals surface area (Å²) in [5, 5.41) is 4.20. The Morgan fingerprint density at radius 2 is 2.20 bits per heavy atom. The molecule has 0 fully saturated rings. The summed E-state index contributed by atoms with van der Waals surface area (Å²) in [6.45, 7) is 2.25. The van der Waals surface area contributed by atoms with E-state index in [1.54, 1.807) is 17.4 Å².